The van der Waals surface area contributed by atoms with Crippen LogP contribution in [0.15, 0.2) is 29.8 Å². The third-order valence-corrected chi connectivity index (χ3v) is 5.95. The normalized spacial score (nSPS) is 21.1. The topological polar surface area (TPSA) is 123 Å². The SMILES string of the molecule is COc1ccc(/C=C(\C#N)C(=O)OCC(=O)N[C@]2(C)CCS(=O)(=O)C2)cc1. The molecule has 0 radical (unpaired) electrons. The minimum atomic E-state index is -3.17. The van der Waals surface area contributed by atoms with Gasteiger partial charge in [0.05, 0.1) is 24.2 Å². The monoisotopic (exact) mass is 392 g/mol. The maximum Gasteiger partial charge on any atom is 0.349 e. The van der Waals surface area contributed by atoms with E-state index in [1.54, 1.807) is 37.3 Å². The Morgan fingerprint density at radius 3 is 2.52 bits per heavy atom. The molecule has 0 saturated carbocycles. The lowest BCUT2D eigenvalue weighted by Crippen LogP contribution is -2.48. The third-order valence-electron chi connectivity index (χ3n) is 4.05. The van der Waals surface area contributed by atoms with E-state index in [9.17, 15) is 18.0 Å². The molecule has 0 aromatic heterocycles. The second-order valence-corrected chi connectivity index (χ2v) is 8.65. The van der Waals surface area contributed by atoms with Crippen LogP contribution < -0.4 is 10.1 Å². The molecule has 1 N–H and O–H groups in total. The summed E-state index contributed by atoms with van der Waals surface area (Å²) >= 11 is 0. The van der Waals surface area contributed by atoms with Crippen LogP contribution in [-0.4, -0.2) is 51.1 Å². The van der Waals surface area contributed by atoms with Gasteiger partial charge in [0.2, 0.25) is 0 Å². The fourth-order valence-electron chi connectivity index (χ4n) is 2.69. The molecule has 1 aliphatic rings. The Bertz CT molecular complexity index is 899. The van der Waals surface area contributed by atoms with Crippen LogP contribution in [0.3, 0.4) is 0 Å². The van der Waals surface area contributed by atoms with E-state index in [4.69, 9.17) is 14.7 Å². The molecule has 1 heterocycles. The highest BCUT2D eigenvalue weighted by atomic mass is 32.2. The molecular weight excluding hydrogens is 372 g/mol. The highest BCUT2D eigenvalue weighted by molar-refractivity contribution is 7.91. The largest absolute Gasteiger partial charge is 0.497 e. The van der Waals surface area contributed by atoms with Gasteiger partial charge in [-0.3, -0.25) is 4.79 Å². The van der Waals surface area contributed by atoms with Gasteiger partial charge in [-0.1, -0.05) is 12.1 Å². The molecule has 1 saturated heterocycles. The predicted octanol–water partition coefficient (Wildman–Crippen LogP) is 0.839. The summed E-state index contributed by atoms with van der Waals surface area (Å²) in [7, 11) is -1.65. The molecular formula is C18H20N2O6S. The van der Waals surface area contributed by atoms with Crippen molar-refractivity contribution in [2.45, 2.75) is 18.9 Å². The minimum Gasteiger partial charge on any atom is -0.497 e. The average molecular weight is 392 g/mol. The van der Waals surface area contributed by atoms with E-state index in [-0.39, 0.29) is 17.1 Å². The van der Waals surface area contributed by atoms with Crippen molar-refractivity contribution in [1.82, 2.24) is 5.32 Å². The molecule has 0 unspecified atom stereocenters. The smallest absolute Gasteiger partial charge is 0.349 e. The first-order chi connectivity index (χ1) is 12.7. The van der Waals surface area contributed by atoms with Crippen molar-refractivity contribution in [3.05, 3.63) is 35.4 Å². The number of nitrogens with one attached hydrogen (secondary N) is 1. The number of amides is 1. The van der Waals surface area contributed by atoms with Crippen molar-refractivity contribution in [2.24, 2.45) is 0 Å². The van der Waals surface area contributed by atoms with Crippen LogP contribution in [0, 0.1) is 11.3 Å². The second kappa shape index (κ2) is 8.22. The summed E-state index contributed by atoms with van der Waals surface area (Å²) in [5, 5.41) is 11.7. The van der Waals surface area contributed by atoms with Gasteiger partial charge in [-0.15, -0.1) is 0 Å². The number of nitriles is 1. The molecule has 0 spiro atoms. The van der Waals surface area contributed by atoms with E-state index in [0.717, 1.165) is 0 Å². The van der Waals surface area contributed by atoms with Crippen molar-refractivity contribution in [2.75, 3.05) is 25.2 Å². The molecule has 27 heavy (non-hydrogen) atoms. The van der Waals surface area contributed by atoms with E-state index in [1.807, 2.05) is 0 Å². The summed E-state index contributed by atoms with van der Waals surface area (Å²) in [4.78, 5) is 24.0. The van der Waals surface area contributed by atoms with E-state index < -0.39 is 33.9 Å². The average Bonchev–Trinajstić information content (AvgIpc) is 2.90. The number of rotatable bonds is 6. The van der Waals surface area contributed by atoms with Crippen LogP contribution in [0.1, 0.15) is 18.9 Å². The zero-order valence-electron chi connectivity index (χ0n) is 15.0. The number of esters is 1. The number of benzene rings is 1. The van der Waals surface area contributed by atoms with Crippen molar-refractivity contribution in [1.29, 1.82) is 5.26 Å². The zero-order chi connectivity index (χ0) is 20.1. The Hall–Kier alpha value is -2.86. The number of methoxy groups -OCH3 is 1. The van der Waals surface area contributed by atoms with Gasteiger partial charge < -0.3 is 14.8 Å². The molecule has 0 bridgehead atoms. The summed E-state index contributed by atoms with van der Waals surface area (Å²) in [6, 6.07) is 8.42. The van der Waals surface area contributed by atoms with E-state index in [1.165, 1.54) is 13.2 Å². The number of hydrogen-bond donors (Lipinski definition) is 1. The number of nitrogens with zero attached hydrogens (tertiary/aromatic N) is 1. The first kappa shape index (κ1) is 20.5. The van der Waals surface area contributed by atoms with E-state index in [0.29, 0.717) is 17.7 Å². The fraction of sp³-hybridized carbons (Fsp3) is 0.389. The van der Waals surface area contributed by atoms with E-state index in [2.05, 4.69) is 5.32 Å². The summed E-state index contributed by atoms with van der Waals surface area (Å²) < 4.78 is 33.0. The quantitative estimate of drug-likeness (QED) is 0.432. The van der Waals surface area contributed by atoms with Crippen LogP contribution in [-0.2, 0) is 24.2 Å². The van der Waals surface area contributed by atoms with Crippen LogP contribution in [0.5, 0.6) is 5.75 Å². The lowest BCUT2D eigenvalue weighted by atomic mass is 10.0. The molecule has 1 aliphatic heterocycles. The molecule has 144 valence electrons. The van der Waals surface area contributed by atoms with Gasteiger partial charge in [-0.05, 0) is 37.1 Å². The first-order valence-electron chi connectivity index (χ1n) is 8.11. The molecule has 1 atom stereocenters. The molecule has 1 fully saturated rings. The predicted molar refractivity (Wildman–Crippen MR) is 97.4 cm³/mol. The molecule has 1 amide bonds. The highest BCUT2D eigenvalue weighted by Gasteiger charge is 2.39. The number of carbonyl (C=O) groups is 2. The van der Waals surface area contributed by atoms with Gasteiger partial charge in [-0.25, -0.2) is 13.2 Å². The van der Waals surface area contributed by atoms with Crippen molar-refractivity contribution in [3.8, 4) is 11.8 Å². The minimum absolute atomic E-state index is 0.00669. The van der Waals surface area contributed by atoms with Gasteiger partial charge in [0.15, 0.2) is 16.4 Å². The molecule has 2 rings (SSSR count). The lowest BCUT2D eigenvalue weighted by molar-refractivity contribution is -0.144. The zero-order valence-corrected chi connectivity index (χ0v) is 15.8. The van der Waals surface area contributed by atoms with Gasteiger partial charge in [0, 0.05) is 0 Å². The Morgan fingerprint density at radius 2 is 2.00 bits per heavy atom. The summed E-state index contributed by atoms with van der Waals surface area (Å²) in [5.41, 5.74) is -0.542. The maximum atomic E-state index is 12.0. The standard InChI is InChI=1S/C18H20N2O6S/c1-18(7-8-27(23,24)12-18)20-16(21)11-26-17(22)14(10-19)9-13-3-5-15(25-2)6-4-13/h3-6,9H,7-8,11-12H2,1-2H3,(H,20,21)/b14-9+/t18-/m1/s1. The number of sulfone groups is 1. The third kappa shape index (κ3) is 5.82. The first-order valence-corrected chi connectivity index (χ1v) is 9.93. The Balaban J connectivity index is 1.93. The Morgan fingerprint density at radius 1 is 1.33 bits per heavy atom. The molecule has 8 nitrogen and oxygen atoms in total. The molecule has 1 aromatic rings. The number of hydrogen-bond acceptors (Lipinski definition) is 7. The summed E-state index contributed by atoms with van der Waals surface area (Å²) in [6.07, 6.45) is 1.64. The maximum absolute atomic E-state index is 12.0. The number of ether oxygens (including phenoxy) is 2. The van der Waals surface area contributed by atoms with Crippen molar-refractivity contribution in [3.63, 3.8) is 0 Å². The molecule has 9 heteroatoms. The Labute approximate surface area is 157 Å². The summed E-state index contributed by atoms with van der Waals surface area (Å²) in [5.74, 6) is -1.07. The summed E-state index contributed by atoms with van der Waals surface area (Å²) in [6.45, 7) is 1.03. The van der Waals surface area contributed by atoms with Crippen LogP contribution in [0.2, 0.25) is 0 Å². The van der Waals surface area contributed by atoms with Crippen molar-refractivity contribution < 1.29 is 27.5 Å². The Kier molecular flexibility index (Phi) is 6.23. The lowest BCUT2D eigenvalue weighted by Gasteiger charge is -2.23. The molecule has 0 aliphatic carbocycles. The van der Waals surface area contributed by atoms with Crippen molar-refractivity contribution >= 4 is 27.8 Å². The van der Waals surface area contributed by atoms with Gasteiger partial charge in [0.1, 0.15) is 17.4 Å². The van der Waals surface area contributed by atoms with Gasteiger partial charge in [0.25, 0.3) is 5.91 Å². The van der Waals surface area contributed by atoms with Crippen LogP contribution in [0.4, 0.5) is 0 Å². The van der Waals surface area contributed by atoms with Crippen LogP contribution >= 0.6 is 0 Å². The van der Waals surface area contributed by atoms with Gasteiger partial charge in [-0.2, -0.15) is 5.26 Å². The van der Waals surface area contributed by atoms with Crippen LogP contribution in [0.25, 0.3) is 6.08 Å². The molecule has 1 aromatic carbocycles. The van der Waals surface area contributed by atoms with Gasteiger partial charge >= 0.3 is 5.97 Å². The number of carbonyl (C=O) groups excluding carboxylic acids is 2. The second-order valence-electron chi connectivity index (χ2n) is 6.47. The highest BCUT2D eigenvalue weighted by Crippen LogP contribution is 2.22. The van der Waals surface area contributed by atoms with E-state index >= 15 is 0 Å². The fourth-order valence-corrected chi connectivity index (χ4v) is 4.79.